The Hall–Kier alpha value is -3.76. The van der Waals surface area contributed by atoms with E-state index in [2.05, 4.69) is 84.2 Å². The third-order valence-electron chi connectivity index (χ3n) is 5.23. The molecule has 0 aliphatic heterocycles. The molecule has 3 aromatic carbocycles. The zero-order valence-electron chi connectivity index (χ0n) is 16.5. The number of nitrogens with one attached hydrogen (secondary N) is 1. The van der Waals surface area contributed by atoms with Gasteiger partial charge >= 0.3 is 0 Å². The van der Waals surface area contributed by atoms with Gasteiger partial charge < -0.3 is 4.98 Å². The molecule has 1 heteroatoms. The lowest BCUT2D eigenvalue weighted by molar-refractivity contribution is 1.15. The number of benzene rings is 3. The molecular formula is C28H23N. The number of rotatable bonds is 5. The largest absolute Gasteiger partial charge is 0.355 e. The van der Waals surface area contributed by atoms with Gasteiger partial charge in [-0.1, -0.05) is 79.3 Å². The molecule has 29 heavy (non-hydrogen) atoms. The van der Waals surface area contributed by atoms with Crippen LogP contribution in [0.1, 0.15) is 12.5 Å². The van der Waals surface area contributed by atoms with Crippen molar-refractivity contribution in [3.63, 3.8) is 0 Å². The van der Waals surface area contributed by atoms with Gasteiger partial charge in [-0.15, -0.1) is 6.42 Å². The van der Waals surface area contributed by atoms with E-state index in [-0.39, 0.29) is 5.92 Å². The molecule has 1 aromatic heterocycles. The molecule has 140 valence electrons. The van der Waals surface area contributed by atoms with Crippen LogP contribution >= 0.6 is 0 Å². The molecule has 4 rings (SSSR count). The van der Waals surface area contributed by atoms with Crippen LogP contribution in [0.15, 0.2) is 97.6 Å². The van der Waals surface area contributed by atoms with E-state index < -0.39 is 0 Å². The number of hydrogen-bond donors (Lipinski definition) is 1. The first-order valence-corrected chi connectivity index (χ1v) is 9.77. The van der Waals surface area contributed by atoms with Crippen molar-refractivity contribution in [2.45, 2.75) is 6.92 Å². The first-order valence-electron chi connectivity index (χ1n) is 9.77. The van der Waals surface area contributed by atoms with E-state index in [0.717, 1.165) is 27.7 Å². The molecule has 0 radical (unpaired) electrons. The highest BCUT2D eigenvalue weighted by molar-refractivity contribution is 6.08. The number of H-pyrrole nitrogens is 1. The molecule has 0 bridgehead atoms. The second-order valence-corrected chi connectivity index (χ2v) is 7.09. The first kappa shape index (κ1) is 18.6. The molecule has 1 N–H and O–H groups in total. The summed E-state index contributed by atoms with van der Waals surface area (Å²) in [6.45, 7) is 6.25. The van der Waals surface area contributed by atoms with Gasteiger partial charge in [0, 0.05) is 21.8 Å². The van der Waals surface area contributed by atoms with Crippen LogP contribution in [0.5, 0.6) is 0 Å². The fourth-order valence-corrected chi connectivity index (χ4v) is 3.66. The highest BCUT2D eigenvalue weighted by atomic mass is 14.7. The standard InChI is InChI=1S/C28H23N/c1-4-6-7-11-21(5-2)20(3)22-12-10-13-23(18-22)24-16-17-28-26(19-24)25-14-8-9-15-27(25)29-28/h2,4,6-19,21,29H,3H2,1H3/b6-4-,11-7-. The van der Waals surface area contributed by atoms with Gasteiger partial charge in [0.05, 0.1) is 5.92 Å². The van der Waals surface area contributed by atoms with E-state index in [0.29, 0.717) is 0 Å². The smallest absolute Gasteiger partial charge is 0.0633 e. The van der Waals surface area contributed by atoms with Gasteiger partial charge in [0.2, 0.25) is 0 Å². The summed E-state index contributed by atoms with van der Waals surface area (Å²) in [5.41, 5.74) is 6.64. The Labute approximate surface area is 172 Å². The average molecular weight is 373 g/mol. The topological polar surface area (TPSA) is 15.8 Å². The summed E-state index contributed by atoms with van der Waals surface area (Å²) in [5.74, 6) is 2.71. The Morgan fingerprint density at radius 2 is 1.72 bits per heavy atom. The molecule has 1 nitrogen and oxygen atoms in total. The fourth-order valence-electron chi connectivity index (χ4n) is 3.66. The number of fused-ring (bicyclic) bond motifs is 3. The Morgan fingerprint density at radius 1 is 0.931 bits per heavy atom. The number of hydrogen-bond acceptors (Lipinski definition) is 0. The van der Waals surface area contributed by atoms with Crippen LogP contribution in [0.25, 0.3) is 38.5 Å². The van der Waals surface area contributed by atoms with Crippen molar-refractivity contribution in [3.05, 3.63) is 103 Å². The Kier molecular flexibility index (Phi) is 5.18. The molecule has 0 aliphatic rings. The zero-order valence-corrected chi connectivity index (χ0v) is 16.5. The van der Waals surface area contributed by atoms with Crippen molar-refractivity contribution in [1.29, 1.82) is 0 Å². The van der Waals surface area contributed by atoms with E-state index in [1.807, 2.05) is 31.2 Å². The predicted molar refractivity (Wildman–Crippen MR) is 127 cm³/mol. The molecule has 1 unspecified atom stereocenters. The van der Waals surface area contributed by atoms with Crippen molar-refractivity contribution in [1.82, 2.24) is 4.98 Å². The normalized spacial score (nSPS) is 12.7. The second kappa shape index (κ2) is 8.09. The fraction of sp³-hybridized carbons (Fsp3) is 0.0714. The first-order chi connectivity index (χ1) is 14.2. The van der Waals surface area contributed by atoms with Crippen LogP contribution in [0.4, 0.5) is 0 Å². The highest BCUT2D eigenvalue weighted by Crippen LogP contribution is 2.32. The molecule has 1 atom stereocenters. The maximum absolute atomic E-state index is 5.76. The average Bonchev–Trinajstić information content (AvgIpc) is 3.14. The van der Waals surface area contributed by atoms with Crippen LogP contribution in [-0.2, 0) is 0 Å². The lowest BCUT2D eigenvalue weighted by atomic mass is 9.91. The molecule has 1 heterocycles. The van der Waals surface area contributed by atoms with Gasteiger partial charge in [0.15, 0.2) is 0 Å². The third-order valence-corrected chi connectivity index (χ3v) is 5.23. The number of allylic oxidation sites excluding steroid dienone is 5. The van der Waals surface area contributed by atoms with Crippen molar-refractivity contribution in [2.75, 3.05) is 0 Å². The summed E-state index contributed by atoms with van der Waals surface area (Å²) in [7, 11) is 0. The summed E-state index contributed by atoms with van der Waals surface area (Å²) in [5, 5.41) is 2.48. The zero-order chi connectivity index (χ0) is 20.2. The number of aromatic nitrogens is 1. The molecule has 0 spiro atoms. The number of aromatic amines is 1. The third kappa shape index (κ3) is 3.66. The van der Waals surface area contributed by atoms with Crippen molar-refractivity contribution in [3.8, 4) is 23.5 Å². The van der Waals surface area contributed by atoms with E-state index in [1.54, 1.807) is 0 Å². The van der Waals surface area contributed by atoms with Crippen LogP contribution < -0.4 is 0 Å². The van der Waals surface area contributed by atoms with Gasteiger partial charge in [-0.3, -0.25) is 0 Å². The summed E-state index contributed by atoms with van der Waals surface area (Å²) in [4.78, 5) is 3.48. The van der Waals surface area contributed by atoms with Crippen LogP contribution in [-0.4, -0.2) is 4.98 Å². The SMILES string of the molecule is C#CC(/C=C\C=C/C)C(=C)c1cccc(-c2ccc3[nH]c4ccccc4c3c2)c1. The Balaban J connectivity index is 1.72. The van der Waals surface area contributed by atoms with Crippen molar-refractivity contribution >= 4 is 27.4 Å². The molecule has 0 aliphatic carbocycles. The number of para-hydroxylation sites is 1. The monoisotopic (exact) mass is 373 g/mol. The molecule has 0 amide bonds. The van der Waals surface area contributed by atoms with Crippen molar-refractivity contribution < 1.29 is 0 Å². The van der Waals surface area contributed by atoms with Gasteiger partial charge in [-0.05, 0) is 53.5 Å². The lowest BCUT2D eigenvalue weighted by Gasteiger charge is -2.12. The van der Waals surface area contributed by atoms with E-state index >= 15 is 0 Å². The van der Waals surface area contributed by atoms with Gasteiger partial charge in [0.1, 0.15) is 0 Å². The van der Waals surface area contributed by atoms with Gasteiger partial charge in [-0.25, -0.2) is 0 Å². The molecular weight excluding hydrogens is 350 g/mol. The minimum absolute atomic E-state index is 0.127. The Bertz CT molecular complexity index is 1290. The highest BCUT2D eigenvalue weighted by Gasteiger charge is 2.10. The minimum atomic E-state index is -0.127. The van der Waals surface area contributed by atoms with Gasteiger partial charge in [0.25, 0.3) is 0 Å². The lowest BCUT2D eigenvalue weighted by Crippen LogP contribution is -1.96. The quantitative estimate of drug-likeness (QED) is 0.277. The van der Waals surface area contributed by atoms with Crippen LogP contribution in [0.2, 0.25) is 0 Å². The van der Waals surface area contributed by atoms with E-state index in [9.17, 15) is 0 Å². The Morgan fingerprint density at radius 3 is 2.55 bits per heavy atom. The maximum atomic E-state index is 5.76. The summed E-state index contributed by atoms with van der Waals surface area (Å²) >= 11 is 0. The predicted octanol–water partition coefficient (Wildman–Crippen LogP) is 7.38. The molecule has 0 saturated heterocycles. The summed E-state index contributed by atoms with van der Waals surface area (Å²) < 4.78 is 0. The molecule has 4 aromatic rings. The second-order valence-electron chi connectivity index (χ2n) is 7.09. The minimum Gasteiger partial charge on any atom is -0.355 e. The molecule has 0 saturated carbocycles. The van der Waals surface area contributed by atoms with Crippen molar-refractivity contribution in [2.24, 2.45) is 5.92 Å². The molecule has 0 fully saturated rings. The maximum Gasteiger partial charge on any atom is 0.0633 e. The van der Waals surface area contributed by atoms with Crippen LogP contribution in [0, 0.1) is 18.3 Å². The van der Waals surface area contributed by atoms with E-state index in [4.69, 9.17) is 6.42 Å². The number of terminal acetylenes is 1. The van der Waals surface area contributed by atoms with E-state index in [1.165, 1.54) is 16.3 Å². The summed E-state index contributed by atoms with van der Waals surface area (Å²) in [6.07, 6.45) is 13.7. The summed E-state index contributed by atoms with van der Waals surface area (Å²) in [6, 6.07) is 23.4. The van der Waals surface area contributed by atoms with Gasteiger partial charge in [-0.2, -0.15) is 0 Å². The van der Waals surface area contributed by atoms with Crippen LogP contribution in [0.3, 0.4) is 0 Å².